The van der Waals surface area contributed by atoms with Gasteiger partial charge in [0, 0.05) is 7.11 Å². The van der Waals surface area contributed by atoms with Crippen LogP contribution in [0.25, 0.3) is 0 Å². The molecule has 1 unspecified atom stereocenters. The second kappa shape index (κ2) is 6.17. The number of hydrogen-bond acceptors (Lipinski definition) is 4. The fourth-order valence-electron chi connectivity index (χ4n) is 1.34. The number of carbonyl (C=O) groups excluding carboxylic acids is 1. The second-order valence-corrected chi connectivity index (χ2v) is 3.44. The van der Waals surface area contributed by atoms with Gasteiger partial charge in [-0.2, -0.15) is 0 Å². The van der Waals surface area contributed by atoms with Crippen molar-refractivity contribution in [3.8, 4) is 5.75 Å². The number of halogens is 1. The number of ether oxygens (including phenoxy) is 1. The minimum absolute atomic E-state index is 0.0947. The Balaban J connectivity index is 2.82. The summed E-state index contributed by atoms with van der Waals surface area (Å²) in [6, 6.07) is 2.92. The van der Waals surface area contributed by atoms with Crippen LogP contribution in [0.4, 0.5) is 4.39 Å². The Kier molecular flexibility index (Phi) is 4.86. The van der Waals surface area contributed by atoms with Crippen LogP contribution in [0.1, 0.15) is 10.4 Å². The zero-order valence-corrected chi connectivity index (χ0v) is 9.31. The van der Waals surface area contributed by atoms with E-state index in [4.69, 9.17) is 9.84 Å². The van der Waals surface area contributed by atoms with Crippen LogP contribution in [0.15, 0.2) is 18.2 Å². The lowest BCUT2D eigenvalue weighted by molar-refractivity contribution is 0.0833. The molecule has 94 valence electrons. The van der Waals surface area contributed by atoms with Crippen molar-refractivity contribution >= 4 is 5.91 Å². The third kappa shape index (κ3) is 3.40. The molecule has 0 saturated heterocycles. The fraction of sp³-hybridized carbons (Fsp3) is 0.364. The molecule has 5 nitrogen and oxygen atoms in total. The SMILES string of the molecule is COCC(CO)NC(=O)c1c(O)cccc1F. The van der Waals surface area contributed by atoms with Crippen molar-refractivity contribution in [3.05, 3.63) is 29.6 Å². The van der Waals surface area contributed by atoms with Crippen molar-refractivity contribution in [2.45, 2.75) is 6.04 Å². The molecule has 0 aliphatic rings. The van der Waals surface area contributed by atoms with Gasteiger partial charge in [-0.05, 0) is 12.1 Å². The zero-order chi connectivity index (χ0) is 12.8. The maximum Gasteiger partial charge on any atom is 0.258 e. The van der Waals surface area contributed by atoms with Gasteiger partial charge in [0.2, 0.25) is 0 Å². The van der Waals surface area contributed by atoms with Crippen LogP contribution in [0.3, 0.4) is 0 Å². The van der Waals surface area contributed by atoms with Crippen molar-refractivity contribution in [1.29, 1.82) is 0 Å². The van der Waals surface area contributed by atoms with Crippen LogP contribution in [0, 0.1) is 5.82 Å². The Hall–Kier alpha value is -1.66. The first-order chi connectivity index (χ1) is 8.10. The molecular formula is C11H14FNO4. The van der Waals surface area contributed by atoms with E-state index >= 15 is 0 Å². The summed E-state index contributed by atoms with van der Waals surface area (Å²) in [6.45, 7) is -0.244. The number of phenolic OH excluding ortho intramolecular Hbond substituents is 1. The normalized spacial score (nSPS) is 12.2. The number of aromatic hydroxyl groups is 1. The van der Waals surface area contributed by atoms with Crippen LogP contribution in [0.5, 0.6) is 5.75 Å². The van der Waals surface area contributed by atoms with Crippen molar-refractivity contribution < 1.29 is 24.1 Å². The van der Waals surface area contributed by atoms with Crippen molar-refractivity contribution in [1.82, 2.24) is 5.32 Å². The summed E-state index contributed by atoms with van der Waals surface area (Å²) < 4.78 is 18.1. The van der Waals surface area contributed by atoms with Gasteiger partial charge in [0.15, 0.2) is 0 Å². The van der Waals surface area contributed by atoms with E-state index in [1.54, 1.807) is 0 Å². The third-order valence-corrected chi connectivity index (χ3v) is 2.14. The van der Waals surface area contributed by atoms with Crippen LogP contribution in [-0.4, -0.2) is 42.5 Å². The summed E-state index contributed by atoms with van der Waals surface area (Å²) >= 11 is 0. The Labute approximate surface area is 97.8 Å². The molecule has 1 aromatic rings. The Morgan fingerprint density at radius 3 is 2.82 bits per heavy atom. The van der Waals surface area contributed by atoms with Crippen LogP contribution >= 0.6 is 0 Å². The molecule has 1 rings (SSSR count). The van der Waals surface area contributed by atoms with Gasteiger partial charge in [-0.15, -0.1) is 0 Å². The van der Waals surface area contributed by atoms with E-state index < -0.39 is 29.1 Å². The minimum atomic E-state index is -0.823. The molecule has 0 bridgehead atoms. The lowest BCUT2D eigenvalue weighted by atomic mass is 10.1. The molecule has 0 aliphatic heterocycles. The van der Waals surface area contributed by atoms with E-state index in [9.17, 15) is 14.3 Å². The molecule has 1 amide bonds. The Bertz CT molecular complexity index is 377. The van der Waals surface area contributed by atoms with Crippen molar-refractivity contribution in [2.75, 3.05) is 20.3 Å². The number of amides is 1. The maximum absolute atomic E-state index is 13.3. The van der Waals surface area contributed by atoms with Crippen LogP contribution in [-0.2, 0) is 4.74 Å². The predicted molar refractivity (Wildman–Crippen MR) is 58.3 cm³/mol. The molecule has 1 atom stereocenters. The number of hydrogen-bond donors (Lipinski definition) is 3. The van der Waals surface area contributed by atoms with Gasteiger partial charge in [-0.1, -0.05) is 6.07 Å². The van der Waals surface area contributed by atoms with Gasteiger partial charge in [0.1, 0.15) is 17.1 Å². The van der Waals surface area contributed by atoms with E-state index in [1.807, 2.05) is 0 Å². The third-order valence-electron chi connectivity index (χ3n) is 2.14. The number of aliphatic hydroxyl groups is 1. The highest BCUT2D eigenvalue weighted by molar-refractivity contribution is 5.97. The Morgan fingerprint density at radius 1 is 1.59 bits per heavy atom. The van der Waals surface area contributed by atoms with Crippen molar-refractivity contribution in [3.63, 3.8) is 0 Å². The highest BCUT2D eigenvalue weighted by atomic mass is 19.1. The zero-order valence-electron chi connectivity index (χ0n) is 9.31. The summed E-state index contributed by atoms with van der Waals surface area (Å²) in [7, 11) is 1.41. The topological polar surface area (TPSA) is 78.8 Å². The summed E-state index contributed by atoms with van der Waals surface area (Å²) in [6.07, 6.45) is 0. The van der Waals surface area contributed by atoms with Gasteiger partial charge in [-0.3, -0.25) is 4.79 Å². The van der Waals surface area contributed by atoms with E-state index in [1.165, 1.54) is 19.2 Å². The van der Waals surface area contributed by atoms with E-state index in [-0.39, 0.29) is 13.2 Å². The van der Waals surface area contributed by atoms with Crippen LogP contribution < -0.4 is 5.32 Å². The number of aliphatic hydroxyl groups excluding tert-OH is 1. The molecule has 0 radical (unpaired) electrons. The van der Waals surface area contributed by atoms with Gasteiger partial charge < -0.3 is 20.3 Å². The number of benzene rings is 1. The van der Waals surface area contributed by atoms with Gasteiger partial charge in [0.25, 0.3) is 5.91 Å². The molecule has 0 heterocycles. The standard InChI is InChI=1S/C11H14FNO4/c1-17-6-7(5-14)13-11(16)10-8(12)3-2-4-9(10)15/h2-4,7,14-15H,5-6H2,1H3,(H,13,16). The monoisotopic (exact) mass is 243 g/mol. The van der Waals surface area contributed by atoms with Gasteiger partial charge in [0.05, 0.1) is 19.3 Å². The molecular weight excluding hydrogens is 229 g/mol. The minimum Gasteiger partial charge on any atom is -0.507 e. The molecule has 0 fully saturated rings. The quantitative estimate of drug-likeness (QED) is 0.693. The average Bonchev–Trinajstić information content (AvgIpc) is 2.28. The van der Waals surface area contributed by atoms with Crippen molar-refractivity contribution in [2.24, 2.45) is 0 Å². The lowest BCUT2D eigenvalue weighted by Crippen LogP contribution is -2.40. The summed E-state index contributed by atoms with van der Waals surface area (Å²) in [5, 5.41) is 20.7. The first kappa shape index (κ1) is 13.4. The van der Waals surface area contributed by atoms with E-state index in [0.29, 0.717) is 0 Å². The molecule has 0 aliphatic carbocycles. The Morgan fingerprint density at radius 2 is 2.29 bits per heavy atom. The lowest BCUT2D eigenvalue weighted by Gasteiger charge is -2.15. The number of nitrogens with one attached hydrogen (secondary N) is 1. The molecule has 0 saturated carbocycles. The summed E-state index contributed by atoms with van der Waals surface area (Å²) in [5.74, 6) is -2.06. The highest BCUT2D eigenvalue weighted by Gasteiger charge is 2.19. The average molecular weight is 243 g/mol. The fourth-order valence-corrected chi connectivity index (χ4v) is 1.34. The largest absolute Gasteiger partial charge is 0.507 e. The molecule has 1 aromatic carbocycles. The molecule has 17 heavy (non-hydrogen) atoms. The highest BCUT2D eigenvalue weighted by Crippen LogP contribution is 2.19. The molecule has 6 heteroatoms. The molecule has 0 spiro atoms. The number of phenols is 1. The molecule has 0 aromatic heterocycles. The van der Waals surface area contributed by atoms with Crippen LogP contribution in [0.2, 0.25) is 0 Å². The van der Waals surface area contributed by atoms with Gasteiger partial charge >= 0.3 is 0 Å². The second-order valence-electron chi connectivity index (χ2n) is 3.44. The first-order valence-electron chi connectivity index (χ1n) is 4.98. The first-order valence-corrected chi connectivity index (χ1v) is 4.98. The number of methoxy groups -OCH3 is 1. The van der Waals surface area contributed by atoms with E-state index in [2.05, 4.69) is 5.32 Å². The predicted octanol–water partition coefficient (Wildman–Crippen LogP) is 0.268. The summed E-state index contributed by atoms with van der Waals surface area (Å²) in [5.41, 5.74) is -0.443. The smallest absolute Gasteiger partial charge is 0.258 e. The number of carbonyl (C=O) groups is 1. The maximum atomic E-state index is 13.3. The summed E-state index contributed by atoms with van der Waals surface area (Å²) in [4.78, 5) is 11.7. The number of rotatable bonds is 5. The van der Waals surface area contributed by atoms with E-state index in [0.717, 1.165) is 6.07 Å². The molecule has 3 N–H and O–H groups in total. The van der Waals surface area contributed by atoms with Gasteiger partial charge in [-0.25, -0.2) is 4.39 Å².